The van der Waals surface area contributed by atoms with Gasteiger partial charge in [-0.2, -0.15) is 0 Å². The van der Waals surface area contributed by atoms with E-state index >= 15 is 0 Å². The number of para-hydroxylation sites is 2. The lowest BCUT2D eigenvalue weighted by Gasteiger charge is -2.27. The molecule has 2 aromatic rings. The van der Waals surface area contributed by atoms with Gasteiger partial charge in [-0.15, -0.1) is 0 Å². The van der Waals surface area contributed by atoms with Gasteiger partial charge in [-0.3, -0.25) is 9.59 Å². The number of esters is 1. The molecule has 0 aromatic heterocycles. The zero-order valence-electron chi connectivity index (χ0n) is 14.7. The van der Waals surface area contributed by atoms with E-state index < -0.39 is 5.97 Å². The Hall–Kier alpha value is -3.15. The van der Waals surface area contributed by atoms with Gasteiger partial charge in [0.1, 0.15) is 0 Å². The first kappa shape index (κ1) is 17.7. The minimum atomic E-state index is -0.552. The molecule has 3 rings (SSSR count). The fourth-order valence-corrected chi connectivity index (χ4v) is 2.94. The molecule has 0 unspecified atom stereocenters. The molecule has 26 heavy (non-hydrogen) atoms. The molecule has 2 amide bonds. The van der Waals surface area contributed by atoms with Crippen molar-refractivity contribution in [3.05, 3.63) is 59.7 Å². The highest BCUT2D eigenvalue weighted by molar-refractivity contribution is 6.05. The molecule has 6 heteroatoms. The van der Waals surface area contributed by atoms with Gasteiger partial charge in [-0.05, 0) is 38.1 Å². The average molecular weight is 352 g/mol. The topological polar surface area (TPSA) is 75.7 Å². The number of carbonyl (C=O) groups excluding carboxylic acids is 3. The Balaban J connectivity index is 1.75. The molecule has 6 nitrogen and oxygen atoms in total. The van der Waals surface area contributed by atoms with Crippen LogP contribution in [0.25, 0.3) is 0 Å². The fraction of sp³-hybridized carbons (Fsp3) is 0.250. The third-order valence-corrected chi connectivity index (χ3v) is 4.24. The number of hydrogen-bond acceptors (Lipinski definition) is 4. The van der Waals surface area contributed by atoms with Gasteiger partial charge in [-0.25, -0.2) is 4.79 Å². The molecular weight excluding hydrogens is 332 g/mol. The number of benzene rings is 2. The predicted molar refractivity (Wildman–Crippen MR) is 98.1 cm³/mol. The Morgan fingerprint density at radius 1 is 1.15 bits per heavy atom. The van der Waals surface area contributed by atoms with Crippen molar-refractivity contribution in [2.45, 2.75) is 26.3 Å². The SMILES string of the molecule is Cc1ccc(C(=O)OCC(=O)N2c3ccccc3NC(=O)C[C@H]2C)cc1. The summed E-state index contributed by atoms with van der Waals surface area (Å²) in [6.07, 6.45) is 0.173. The van der Waals surface area contributed by atoms with Crippen LogP contribution in [0, 0.1) is 6.92 Å². The normalized spacial score (nSPS) is 16.3. The lowest BCUT2D eigenvalue weighted by molar-refractivity contribution is -0.122. The summed E-state index contributed by atoms with van der Waals surface area (Å²) in [5.41, 5.74) is 2.59. The van der Waals surface area contributed by atoms with E-state index in [1.807, 2.05) is 19.1 Å². The van der Waals surface area contributed by atoms with Gasteiger partial charge in [0.05, 0.1) is 16.9 Å². The van der Waals surface area contributed by atoms with Gasteiger partial charge >= 0.3 is 5.97 Å². The largest absolute Gasteiger partial charge is 0.452 e. The van der Waals surface area contributed by atoms with Crippen LogP contribution in [0.1, 0.15) is 29.3 Å². The van der Waals surface area contributed by atoms with E-state index in [-0.39, 0.29) is 30.9 Å². The summed E-state index contributed by atoms with van der Waals surface area (Å²) >= 11 is 0. The number of fused-ring (bicyclic) bond motifs is 1. The van der Waals surface area contributed by atoms with Gasteiger partial charge in [0.2, 0.25) is 5.91 Å². The first-order valence-corrected chi connectivity index (χ1v) is 8.40. The minimum Gasteiger partial charge on any atom is -0.452 e. The van der Waals surface area contributed by atoms with Crippen LogP contribution in [0.4, 0.5) is 11.4 Å². The standard InChI is InChI=1S/C20H20N2O4/c1-13-7-9-15(10-8-13)20(25)26-12-19(24)22-14(2)11-18(23)21-16-5-3-4-6-17(16)22/h3-10,14H,11-12H2,1-2H3,(H,21,23)/t14-/m1/s1. The highest BCUT2D eigenvalue weighted by Crippen LogP contribution is 2.31. The molecular formula is C20H20N2O4. The van der Waals surface area contributed by atoms with Crippen LogP contribution < -0.4 is 10.2 Å². The minimum absolute atomic E-state index is 0.156. The number of rotatable bonds is 3. The van der Waals surface area contributed by atoms with Crippen LogP contribution in [-0.2, 0) is 14.3 Å². The van der Waals surface area contributed by atoms with Crippen molar-refractivity contribution in [3.8, 4) is 0 Å². The molecule has 1 aliphatic rings. The highest BCUT2D eigenvalue weighted by Gasteiger charge is 2.30. The maximum atomic E-state index is 12.7. The van der Waals surface area contributed by atoms with Crippen molar-refractivity contribution < 1.29 is 19.1 Å². The Morgan fingerprint density at radius 3 is 2.58 bits per heavy atom. The summed E-state index contributed by atoms with van der Waals surface area (Å²) in [7, 11) is 0. The first-order chi connectivity index (χ1) is 12.5. The molecule has 1 atom stereocenters. The maximum Gasteiger partial charge on any atom is 0.338 e. The van der Waals surface area contributed by atoms with Gasteiger partial charge in [0.25, 0.3) is 5.91 Å². The second-order valence-corrected chi connectivity index (χ2v) is 6.32. The molecule has 0 aliphatic carbocycles. The van der Waals surface area contributed by atoms with E-state index in [9.17, 15) is 14.4 Å². The highest BCUT2D eigenvalue weighted by atomic mass is 16.5. The molecule has 0 saturated carbocycles. The van der Waals surface area contributed by atoms with E-state index in [0.29, 0.717) is 16.9 Å². The summed E-state index contributed by atoms with van der Waals surface area (Å²) in [6.45, 7) is 3.33. The zero-order chi connectivity index (χ0) is 18.7. The first-order valence-electron chi connectivity index (χ1n) is 8.40. The molecule has 1 aliphatic heterocycles. The number of anilines is 2. The molecule has 134 valence electrons. The Kier molecular flexibility index (Phi) is 5.02. The van der Waals surface area contributed by atoms with Gasteiger partial charge in [0, 0.05) is 12.5 Å². The average Bonchev–Trinajstić information content (AvgIpc) is 2.74. The second-order valence-electron chi connectivity index (χ2n) is 6.32. The maximum absolute atomic E-state index is 12.7. The van der Waals surface area contributed by atoms with E-state index in [0.717, 1.165) is 5.56 Å². The number of aryl methyl sites for hydroxylation is 1. The number of amides is 2. The second kappa shape index (κ2) is 7.39. The van der Waals surface area contributed by atoms with Crippen LogP contribution in [-0.4, -0.2) is 30.4 Å². The van der Waals surface area contributed by atoms with Crippen LogP contribution in [0.15, 0.2) is 48.5 Å². The van der Waals surface area contributed by atoms with Crippen LogP contribution in [0.2, 0.25) is 0 Å². The number of ether oxygens (including phenoxy) is 1. The number of nitrogens with one attached hydrogen (secondary N) is 1. The van der Waals surface area contributed by atoms with Gasteiger partial charge in [-0.1, -0.05) is 29.8 Å². The molecule has 0 saturated heterocycles. The zero-order valence-corrected chi connectivity index (χ0v) is 14.7. The van der Waals surface area contributed by atoms with Crippen molar-refractivity contribution in [3.63, 3.8) is 0 Å². The van der Waals surface area contributed by atoms with Crippen LogP contribution in [0.5, 0.6) is 0 Å². The van der Waals surface area contributed by atoms with E-state index in [2.05, 4.69) is 5.32 Å². The van der Waals surface area contributed by atoms with E-state index in [1.54, 1.807) is 43.3 Å². The number of nitrogens with zero attached hydrogens (tertiary/aromatic N) is 1. The van der Waals surface area contributed by atoms with E-state index in [4.69, 9.17) is 4.74 Å². The van der Waals surface area contributed by atoms with Crippen molar-refractivity contribution in [2.24, 2.45) is 0 Å². The van der Waals surface area contributed by atoms with Crippen molar-refractivity contribution in [2.75, 3.05) is 16.8 Å². The molecule has 0 spiro atoms. The third-order valence-electron chi connectivity index (χ3n) is 4.24. The van der Waals surface area contributed by atoms with Crippen LogP contribution in [0.3, 0.4) is 0 Å². The molecule has 0 bridgehead atoms. The van der Waals surface area contributed by atoms with Gasteiger partial charge in [0.15, 0.2) is 6.61 Å². The fourth-order valence-electron chi connectivity index (χ4n) is 2.94. The molecule has 0 radical (unpaired) electrons. The summed E-state index contributed by atoms with van der Waals surface area (Å²) < 4.78 is 5.18. The molecule has 1 heterocycles. The van der Waals surface area contributed by atoms with Crippen molar-refractivity contribution >= 4 is 29.2 Å². The third kappa shape index (κ3) is 3.74. The molecule has 0 fully saturated rings. The summed E-state index contributed by atoms with van der Waals surface area (Å²) in [5.74, 6) is -1.08. The number of carbonyl (C=O) groups is 3. The van der Waals surface area contributed by atoms with Gasteiger partial charge < -0.3 is 15.0 Å². The molecule has 2 aromatic carbocycles. The molecule has 1 N–H and O–H groups in total. The summed E-state index contributed by atoms with van der Waals surface area (Å²) in [6, 6.07) is 13.7. The monoisotopic (exact) mass is 352 g/mol. The summed E-state index contributed by atoms with van der Waals surface area (Å²) in [5, 5.41) is 2.79. The number of hydrogen-bond donors (Lipinski definition) is 1. The van der Waals surface area contributed by atoms with Crippen molar-refractivity contribution in [1.82, 2.24) is 0 Å². The lowest BCUT2D eigenvalue weighted by Crippen LogP contribution is -2.41. The lowest BCUT2D eigenvalue weighted by atomic mass is 10.1. The summed E-state index contributed by atoms with van der Waals surface area (Å²) in [4.78, 5) is 38.3. The van der Waals surface area contributed by atoms with E-state index in [1.165, 1.54) is 4.90 Å². The Bertz CT molecular complexity index is 845. The Labute approximate surface area is 151 Å². The predicted octanol–water partition coefficient (Wildman–Crippen LogP) is 2.92. The Morgan fingerprint density at radius 2 is 1.85 bits per heavy atom. The quantitative estimate of drug-likeness (QED) is 0.862. The smallest absolute Gasteiger partial charge is 0.338 e. The van der Waals surface area contributed by atoms with Crippen LogP contribution >= 0.6 is 0 Å². The van der Waals surface area contributed by atoms with Crippen molar-refractivity contribution in [1.29, 1.82) is 0 Å².